The SMILES string of the molecule is C[C@@H]1C=CC[C@H]2C(=O)N(c3ccc(C(=O)N4CCCCCC4)cc3)C(=O)[C@H]12. The summed E-state index contributed by atoms with van der Waals surface area (Å²) >= 11 is 0. The molecule has 0 radical (unpaired) electrons. The highest BCUT2D eigenvalue weighted by Gasteiger charge is 2.50. The third-order valence-corrected chi connectivity index (χ3v) is 6.14. The smallest absolute Gasteiger partial charge is 0.253 e. The van der Waals surface area contributed by atoms with E-state index in [4.69, 9.17) is 0 Å². The monoisotopic (exact) mass is 366 g/mol. The minimum absolute atomic E-state index is 0.0361. The first-order valence-electron chi connectivity index (χ1n) is 10.0. The van der Waals surface area contributed by atoms with Crippen LogP contribution in [0.25, 0.3) is 0 Å². The molecule has 3 aliphatic rings. The fourth-order valence-electron chi connectivity index (χ4n) is 4.61. The summed E-state index contributed by atoms with van der Waals surface area (Å²) in [6.45, 7) is 3.60. The van der Waals surface area contributed by atoms with E-state index < -0.39 is 0 Å². The standard InChI is InChI=1S/C22H26N2O3/c1-15-7-6-8-18-19(15)22(27)24(21(18)26)17-11-9-16(10-12-17)20(25)23-13-4-2-3-5-14-23/h6-7,9-12,15,18-19H,2-5,8,13-14H2,1H3/t15-,18-,19-/m1/s1. The molecule has 2 fully saturated rings. The number of nitrogens with zero attached hydrogens (tertiary/aromatic N) is 2. The van der Waals surface area contributed by atoms with E-state index >= 15 is 0 Å². The molecule has 0 N–H and O–H groups in total. The van der Waals surface area contributed by atoms with Gasteiger partial charge in [0.05, 0.1) is 17.5 Å². The Morgan fingerprint density at radius 3 is 2.26 bits per heavy atom. The average Bonchev–Trinajstić information content (AvgIpc) is 2.86. The Morgan fingerprint density at radius 1 is 0.963 bits per heavy atom. The number of anilines is 1. The molecule has 4 rings (SSSR count). The number of fused-ring (bicyclic) bond motifs is 1. The molecule has 1 aromatic carbocycles. The van der Waals surface area contributed by atoms with E-state index in [1.54, 1.807) is 24.3 Å². The molecule has 142 valence electrons. The van der Waals surface area contributed by atoms with E-state index in [0.29, 0.717) is 17.7 Å². The van der Waals surface area contributed by atoms with Gasteiger partial charge in [0.2, 0.25) is 11.8 Å². The summed E-state index contributed by atoms with van der Waals surface area (Å²) in [4.78, 5) is 41.6. The van der Waals surface area contributed by atoms with Gasteiger partial charge in [-0.25, -0.2) is 0 Å². The van der Waals surface area contributed by atoms with E-state index in [1.807, 2.05) is 24.0 Å². The molecule has 1 aliphatic carbocycles. The topological polar surface area (TPSA) is 57.7 Å². The van der Waals surface area contributed by atoms with Crippen molar-refractivity contribution in [1.82, 2.24) is 4.90 Å². The molecule has 0 unspecified atom stereocenters. The molecular weight excluding hydrogens is 340 g/mol. The Kier molecular flexibility index (Phi) is 4.85. The van der Waals surface area contributed by atoms with Gasteiger partial charge in [-0.3, -0.25) is 19.3 Å². The molecule has 3 amide bonds. The predicted octanol–water partition coefficient (Wildman–Crippen LogP) is 3.40. The van der Waals surface area contributed by atoms with Crippen LogP contribution in [0, 0.1) is 17.8 Å². The molecule has 5 heteroatoms. The second-order valence-corrected chi connectivity index (χ2v) is 7.92. The molecule has 0 spiro atoms. The Hall–Kier alpha value is -2.43. The number of allylic oxidation sites excluding steroid dienone is 2. The van der Waals surface area contributed by atoms with Gasteiger partial charge < -0.3 is 4.90 Å². The molecule has 27 heavy (non-hydrogen) atoms. The fraction of sp³-hybridized carbons (Fsp3) is 0.500. The summed E-state index contributed by atoms with van der Waals surface area (Å²) in [6, 6.07) is 6.95. The summed E-state index contributed by atoms with van der Waals surface area (Å²) < 4.78 is 0. The van der Waals surface area contributed by atoms with Gasteiger partial charge in [-0.05, 0) is 49.4 Å². The zero-order chi connectivity index (χ0) is 19.0. The first-order chi connectivity index (χ1) is 13.1. The van der Waals surface area contributed by atoms with Crippen molar-refractivity contribution < 1.29 is 14.4 Å². The van der Waals surface area contributed by atoms with Crippen molar-refractivity contribution >= 4 is 23.4 Å². The van der Waals surface area contributed by atoms with Crippen LogP contribution in [-0.4, -0.2) is 35.7 Å². The zero-order valence-electron chi connectivity index (χ0n) is 15.8. The second-order valence-electron chi connectivity index (χ2n) is 7.92. The lowest BCUT2D eigenvalue weighted by atomic mass is 9.78. The normalized spacial score (nSPS) is 28.3. The van der Waals surface area contributed by atoms with E-state index in [2.05, 4.69) is 0 Å². The van der Waals surface area contributed by atoms with Gasteiger partial charge in [0.1, 0.15) is 0 Å². The number of carbonyl (C=O) groups is 3. The van der Waals surface area contributed by atoms with E-state index in [-0.39, 0.29) is 35.5 Å². The molecule has 2 heterocycles. The molecule has 3 atom stereocenters. The highest BCUT2D eigenvalue weighted by molar-refractivity contribution is 6.22. The van der Waals surface area contributed by atoms with Crippen LogP contribution >= 0.6 is 0 Å². The summed E-state index contributed by atoms with van der Waals surface area (Å²) in [7, 11) is 0. The first kappa shape index (κ1) is 18.0. The summed E-state index contributed by atoms with van der Waals surface area (Å²) in [5, 5.41) is 0. The van der Waals surface area contributed by atoms with Gasteiger partial charge in [-0.1, -0.05) is 31.9 Å². The lowest BCUT2D eigenvalue weighted by Gasteiger charge is -2.22. The van der Waals surface area contributed by atoms with Crippen molar-refractivity contribution in [3.63, 3.8) is 0 Å². The molecule has 0 aromatic heterocycles. The maximum atomic E-state index is 12.9. The van der Waals surface area contributed by atoms with Crippen molar-refractivity contribution in [1.29, 1.82) is 0 Å². The summed E-state index contributed by atoms with van der Waals surface area (Å²) in [5.74, 6) is -0.638. The van der Waals surface area contributed by atoms with Gasteiger partial charge >= 0.3 is 0 Å². The highest BCUT2D eigenvalue weighted by Crippen LogP contribution is 2.40. The summed E-state index contributed by atoms with van der Waals surface area (Å²) in [5.41, 5.74) is 1.19. The van der Waals surface area contributed by atoms with Crippen LogP contribution in [0.15, 0.2) is 36.4 Å². The maximum absolute atomic E-state index is 12.9. The van der Waals surface area contributed by atoms with Crippen LogP contribution in [0.1, 0.15) is 49.4 Å². The number of imide groups is 1. The minimum atomic E-state index is -0.263. The number of carbonyl (C=O) groups excluding carboxylic acids is 3. The molecular formula is C22H26N2O3. The number of likely N-dealkylation sites (tertiary alicyclic amines) is 1. The zero-order valence-corrected chi connectivity index (χ0v) is 15.8. The van der Waals surface area contributed by atoms with Crippen LogP contribution in [-0.2, 0) is 9.59 Å². The molecule has 0 saturated carbocycles. The number of amides is 3. The quantitative estimate of drug-likeness (QED) is 0.595. The highest BCUT2D eigenvalue weighted by atomic mass is 16.2. The lowest BCUT2D eigenvalue weighted by molar-refractivity contribution is -0.122. The first-order valence-corrected chi connectivity index (χ1v) is 10.0. The maximum Gasteiger partial charge on any atom is 0.253 e. The molecule has 0 bridgehead atoms. The number of rotatable bonds is 2. The van der Waals surface area contributed by atoms with Crippen LogP contribution in [0.3, 0.4) is 0 Å². The third-order valence-electron chi connectivity index (χ3n) is 6.14. The number of hydrogen-bond donors (Lipinski definition) is 0. The van der Waals surface area contributed by atoms with Crippen LogP contribution in [0.5, 0.6) is 0 Å². The van der Waals surface area contributed by atoms with Crippen molar-refractivity contribution in [2.75, 3.05) is 18.0 Å². The van der Waals surface area contributed by atoms with Gasteiger partial charge in [0, 0.05) is 18.7 Å². The van der Waals surface area contributed by atoms with Crippen molar-refractivity contribution in [2.24, 2.45) is 17.8 Å². The van der Waals surface area contributed by atoms with Gasteiger partial charge in [0.25, 0.3) is 5.91 Å². The molecule has 1 aromatic rings. The second kappa shape index (κ2) is 7.29. The average molecular weight is 366 g/mol. The van der Waals surface area contributed by atoms with E-state index in [9.17, 15) is 14.4 Å². The Morgan fingerprint density at radius 2 is 1.63 bits per heavy atom. The van der Waals surface area contributed by atoms with Gasteiger partial charge in [-0.2, -0.15) is 0 Å². The van der Waals surface area contributed by atoms with Crippen LogP contribution in [0.2, 0.25) is 0 Å². The molecule has 2 saturated heterocycles. The summed E-state index contributed by atoms with van der Waals surface area (Å²) in [6.07, 6.45) is 9.12. The third kappa shape index (κ3) is 3.20. The fourth-order valence-corrected chi connectivity index (χ4v) is 4.61. The molecule has 5 nitrogen and oxygen atoms in total. The Bertz CT molecular complexity index is 775. The predicted molar refractivity (Wildman–Crippen MR) is 103 cm³/mol. The van der Waals surface area contributed by atoms with Gasteiger partial charge in [0.15, 0.2) is 0 Å². The molecule has 2 aliphatic heterocycles. The van der Waals surface area contributed by atoms with Crippen molar-refractivity contribution in [3.8, 4) is 0 Å². The Balaban J connectivity index is 1.53. The van der Waals surface area contributed by atoms with Crippen LogP contribution in [0.4, 0.5) is 5.69 Å². The van der Waals surface area contributed by atoms with Crippen LogP contribution < -0.4 is 4.90 Å². The van der Waals surface area contributed by atoms with Gasteiger partial charge in [-0.15, -0.1) is 0 Å². The minimum Gasteiger partial charge on any atom is -0.339 e. The number of benzene rings is 1. The van der Waals surface area contributed by atoms with E-state index in [0.717, 1.165) is 25.9 Å². The number of hydrogen-bond acceptors (Lipinski definition) is 3. The van der Waals surface area contributed by atoms with Crippen molar-refractivity contribution in [3.05, 3.63) is 42.0 Å². The lowest BCUT2D eigenvalue weighted by Crippen LogP contribution is -2.33. The van der Waals surface area contributed by atoms with E-state index in [1.165, 1.54) is 17.7 Å². The largest absolute Gasteiger partial charge is 0.339 e. The Labute approximate surface area is 160 Å². The van der Waals surface area contributed by atoms with Crippen molar-refractivity contribution in [2.45, 2.75) is 39.0 Å².